The molecule has 0 spiro atoms. The van der Waals surface area contributed by atoms with Gasteiger partial charge in [0.15, 0.2) is 0 Å². The Labute approximate surface area is 109 Å². The molecule has 2 rings (SSSR count). The molecular weight excluding hydrogens is 284 g/mol. The zero-order valence-electron chi connectivity index (χ0n) is 9.49. The van der Waals surface area contributed by atoms with Crippen molar-refractivity contribution in [3.05, 3.63) is 22.3 Å². The van der Waals surface area contributed by atoms with Crippen LogP contribution < -0.4 is 5.73 Å². The van der Waals surface area contributed by atoms with Crippen molar-refractivity contribution in [2.75, 3.05) is 12.3 Å². The lowest BCUT2D eigenvalue weighted by Crippen LogP contribution is -2.13. The van der Waals surface area contributed by atoms with Crippen LogP contribution in [0.25, 0.3) is 0 Å². The van der Waals surface area contributed by atoms with Crippen LogP contribution in [0.15, 0.2) is 16.7 Å². The van der Waals surface area contributed by atoms with Gasteiger partial charge in [0, 0.05) is 6.20 Å². The first-order valence-electron chi connectivity index (χ1n) is 5.75. The van der Waals surface area contributed by atoms with E-state index >= 15 is 0 Å². The van der Waals surface area contributed by atoms with Gasteiger partial charge in [-0.1, -0.05) is 12.8 Å². The van der Waals surface area contributed by atoms with Crippen molar-refractivity contribution in [1.82, 2.24) is 4.98 Å². The lowest BCUT2D eigenvalue weighted by Gasteiger charge is -2.10. The lowest BCUT2D eigenvalue weighted by atomic mass is 10.1. The van der Waals surface area contributed by atoms with E-state index in [4.69, 9.17) is 10.5 Å². The Balaban J connectivity index is 1.96. The smallest absolute Gasteiger partial charge is 0.339 e. The highest BCUT2D eigenvalue weighted by Gasteiger charge is 2.18. The van der Waals surface area contributed by atoms with Crippen LogP contribution in [0.2, 0.25) is 0 Å². The molecule has 0 aromatic carbocycles. The number of nitrogens with zero attached hydrogens (tertiary/aromatic N) is 1. The average molecular weight is 299 g/mol. The van der Waals surface area contributed by atoms with Crippen molar-refractivity contribution in [1.29, 1.82) is 0 Å². The minimum Gasteiger partial charge on any atom is -0.462 e. The Kier molecular flexibility index (Phi) is 3.99. The molecule has 0 unspecified atom stereocenters. The number of pyridine rings is 1. The molecule has 1 heterocycles. The van der Waals surface area contributed by atoms with Crippen LogP contribution in [-0.4, -0.2) is 17.6 Å². The molecule has 1 aromatic heterocycles. The van der Waals surface area contributed by atoms with Crippen molar-refractivity contribution in [2.45, 2.75) is 25.7 Å². The van der Waals surface area contributed by atoms with Gasteiger partial charge in [0.2, 0.25) is 0 Å². The van der Waals surface area contributed by atoms with Gasteiger partial charge in [0.25, 0.3) is 0 Å². The van der Waals surface area contributed by atoms with Gasteiger partial charge in [-0.3, -0.25) is 0 Å². The molecule has 0 aliphatic heterocycles. The second kappa shape index (κ2) is 5.49. The van der Waals surface area contributed by atoms with Gasteiger partial charge in [-0.15, -0.1) is 0 Å². The molecule has 1 aliphatic carbocycles. The number of aromatic nitrogens is 1. The number of esters is 1. The second-order valence-corrected chi connectivity index (χ2v) is 5.19. The van der Waals surface area contributed by atoms with Crippen LogP contribution >= 0.6 is 15.9 Å². The van der Waals surface area contributed by atoms with Gasteiger partial charge in [0.1, 0.15) is 5.82 Å². The first-order valence-corrected chi connectivity index (χ1v) is 6.54. The summed E-state index contributed by atoms with van der Waals surface area (Å²) in [7, 11) is 0. The Hall–Kier alpha value is -1.10. The number of nitrogen functional groups attached to an aromatic ring is 1. The maximum absolute atomic E-state index is 11.8. The summed E-state index contributed by atoms with van der Waals surface area (Å²) in [5.74, 6) is 0.510. The molecular formula is C12H15BrN2O2. The summed E-state index contributed by atoms with van der Waals surface area (Å²) >= 11 is 3.27. The van der Waals surface area contributed by atoms with Gasteiger partial charge in [-0.25, -0.2) is 9.78 Å². The van der Waals surface area contributed by atoms with Crippen LogP contribution in [0, 0.1) is 5.92 Å². The maximum Gasteiger partial charge on any atom is 0.339 e. The quantitative estimate of drug-likeness (QED) is 0.872. The summed E-state index contributed by atoms with van der Waals surface area (Å²) in [4.78, 5) is 15.7. The molecule has 1 aromatic rings. The maximum atomic E-state index is 11.8. The molecule has 92 valence electrons. The fourth-order valence-electron chi connectivity index (χ4n) is 2.06. The number of nitrogens with two attached hydrogens (primary N) is 1. The molecule has 0 saturated heterocycles. The first-order chi connectivity index (χ1) is 8.16. The highest BCUT2D eigenvalue weighted by atomic mass is 79.9. The summed E-state index contributed by atoms with van der Waals surface area (Å²) in [6, 6.07) is 1.53. The van der Waals surface area contributed by atoms with Crippen molar-refractivity contribution in [2.24, 2.45) is 5.92 Å². The Morgan fingerprint density at radius 1 is 1.53 bits per heavy atom. The second-order valence-electron chi connectivity index (χ2n) is 4.34. The largest absolute Gasteiger partial charge is 0.462 e. The van der Waals surface area contributed by atoms with Gasteiger partial charge in [0.05, 0.1) is 16.6 Å². The third-order valence-corrected chi connectivity index (χ3v) is 3.65. The summed E-state index contributed by atoms with van der Waals surface area (Å²) in [6.45, 7) is 0.507. The number of hydrogen-bond acceptors (Lipinski definition) is 4. The third kappa shape index (κ3) is 3.19. The van der Waals surface area contributed by atoms with Gasteiger partial charge in [-0.2, -0.15) is 0 Å². The highest BCUT2D eigenvalue weighted by molar-refractivity contribution is 9.10. The predicted octanol–water partition coefficient (Wildman–Crippen LogP) is 2.77. The molecule has 2 N–H and O–H groups in total. The molecule has 0 radical (unpaired) electrons. The van der Waals surface area contributed by atoms with Crippen LogP contribution in [0.5, 0.6) is 0 Å². The van der Waals surface area contributed by atoms with Crippen molar-refractivity contribution in [3.8, 4) is 0 Å². The standard InChI is InChI=1S/C12H15BrN2O2/c13-10-6-15-11(14)5-9(10)12(16)17-7-8-3-1-2-4-8/h5-6,8H,1-4,7H2,(H2,14,15). The molecule has 0 atom stereocenters. The summed E-state index contributed by atoms with van der Waals surface area (Å²) in [6.07, 6.45) is 6.32. The van der Waals surface area contributed by atoms with E-state index in [1.807, 2.05) is 0 Å². The van der Waals surface area contributed by atoms with E-state index in [1.54, 1.807) is 0 Å². The van der Waals surface area contributed by atoms with E-state index in [2.05, 4.69) is 20.9 Å². The van der Waals surface area contributed by atoms with E-state index < -0.39 is 0 Å². The molecule has 4 nitrogen and oxygen atoms in total. The number of carbonyl (C=O) groups is 1. The Morgan fingerprint density at radius 2 is 2.24 bits per heavy atom. The first kappa shape index (κ1) is 12.4. The average Bonchev–Trinajstić information content (AvgIpc) is 2.82. The topological polar surface area (TPSA) is 65.2 Å². The van der Waals surface area contributed by atoms with Crippen LogP contribution in [0.1, 0.15) is 36.0 Å². The summed E-state index contributed by atoms with van der Waals surface area (Å²) < 4.78 is 5.91. The summed E-state index contributed by atoms with van der Waals surface area (Å²) in [5.41, 5.74) is 5.98. The van der Waals surface area contributed by atoms with Crippen molar-refractivity contribution < 1.29 is 9.53 Å². The van der Waals surface area contributed by atoms with Crippen LogP contribution in [0.3, 0.4) is 0 Å². The van der Waals surface area contributed by atoms with Gasteiger partial charge >= 0.3 is 5.97 Å². The van der Waals surface area contributed by atoms with Crippen molar-refractivity contribution in [3.63, 3.8) is 0 Å². The molecule has 1 aliphatic rings. The molecule has 0 bridgehead atoms. The number of rotatable bonds is 3. The zero-order valence-corrected chi connectivity index (χ0v) is 11.1. The normalized spacial score (nSPS) is 16.1. The van der Waals surface area contributed by atoms with Gasteiger partial charge < -0.3 is 10.5 Å². The van der Waals surface area contributed by atoms with Crippen molar-refractivity contribution >= 4 is 27.7 Å². The van der Waals surface area contributed by atoms with E-state index in [9.17, 15) is 4.79 Å². The SMILES string of the molecule is Nc1cc(C(=O)OCC2CCCC2)c(Br)cn1. The minimum absolute atomic E-state index is 0.320. The number of ether oxygens (including phenoxy) is 1. The Morgan fingerprint density at radius 3 is 2.94 bits per heavy atom. The molecule has 17 heavy (non-hydrogen) atoms. The van der Waals surface area contributed by atoms with E-state index in [-0.39, 0.29) is 5.97 Å². The third-order valence-electron chi connectivity index (χ3n) is 3.02. The molecule has 1 saturated carbocycles. The minimum atomic E-state index is -0.335. The van der Waals surface area contributed by atoms with Crippen LogP contribution in [0.4, 0.5) is 5.82 Å². The summed E-state index contributed by atoms with van der Waals surface area (Å²) in [5, 5.41) is 0. The number of anilines is 1. The number of carbonyl (C=O) groups excluding carboxylic acids is 1. The lowest BCUT2D eigenvalue weighted by molar-refractivity contribution is 0.0441. The van der Waals surface area contributed by atoms with E-state index in [0.29, 0.717) is 28.4 Å². The molecule has 5 heteroatoms. The Bertz CT molecular complexity index is 417. The monoisotopic (exact) mass is 298 g/mol. The predicted molar refractivity (Wildman–Crippen MR) is 68.6 cm³/mol. The fourth-order valence-corrected chi connectivity index (χ4v) is 2.44. The van der Waals surface area contributed by atoms with E-state index in [0.717, 1.165) is 12.8 Å². The number of hydrogen-bond donors (Lipinski definition) is 1. The fraction of sp³-hybridized carbons (Fsp3) is 0.500. The van der Waals surface area contributed by atoms with E-state index in [1.165, 1.54) is 25.1 Å². The van der Waals surface area contributed by atoms with Crippen LogP contribution in [-0.2, 0) is 4.74 Å². The molecule has 1 fully saturated rings. The highest BCUT2D eigenvalue weighted by Crippen LogP contribution is 2.25. The zero-order chi connectivity index (χ0) is 12.3. The number of halogens is 1. The molecule has 0 amide bonds. The van der Waals surface area contributed by atoms with Gasteiger partial charge in [-0.05, 0) is 40.8 Å².